The number of nitrogens with one attached hydrogen (secondary N) is 2. The number of hydrogen-bond donors (Lipinski definition) is 3. The molecule has 8 heteroatoms. The number of H-pyrrole nitrogens is 1. The van der Waals surface area contributed by atoms with Crippen LogP contribution in [0.2, 0.25) is 0 Å². The number of carbonyl (C=O) groups is 1. The van der Waals surface area contributed by atoms with Crippen LogP contribution in [-0.4, -0.2) is 24.5 Å². The molecule has 1 amide bonds. The molecule has 1 aromatic heterocycles. The minimum Gasteiger partial charge on any atom is -0.326 e. The number of benzene rings is 3. The van der Waals surface area contributed by atoms with Gasteiger partial charge in [-0.15, -0.1) is 0 Å². The third kappa shape index (κ3) is 3.79. The lowest BCUT2D eigenvalue weighted by Crippen LogP contribution is -2.24. The highest BCUT2D eigenvalue weighted by Gasteiger charge is 2.26. The van der Waals surface area contributed by atoms with E-state index in [0.29, 0.717) is 16.9 Å². The predicted molar refractivity (Wildman–Crippen MR) is 124 cm³/mol. The summed E-state index contributed by atoms with van der Waals surface area (Å²) in [6, 6.07) is 20.0. The molecular formula is C24H22N4O3S. The number of nitrogens with two attached hydrogens (primary N) is 1. The molecule has 1 atom stereocenters. The Hall–Kier alpha value is -3.49. The number of aromatic nitrogens is 2. The standard InChI is InChI=1S/C24H22N4O3S/c25-32(30,31)18-8-3-7-16(13-18)23-21-14-17(11-12-22(21)27-28-23)26-24(29)20-10-4-6-15-5-1-2-9-19(15)20/h1-3,5,7-9,11-14,20H,4,6,10H2,(H,26,29)(H,27,28)(H2,25,30,31). The Morgan fingerprint density at radius 2 is 1.91 bits per heavy atom. The van der Waals surface area contributed by atoms with Crippen LogP contribution in [0.4, 0.5) is 5.69 Å². The van der Waals surface area contributed by atoms with Crippen LogP contribution in [0.15, 0.2) is 71.6 Å². The minimum absolute atomic E-state index is 0.0200. The van der Waals surface area contributed by atoms with Crippen molar-refractivity contribution in [3.63, 3.8) is 0 Å². The monoisotopic (exact) mass is 446 g/mol. The Morgan fingerprint density at radius 3 is 2.75 bits per heavy atom. The molecule has 5 rings (SSSR count). The van der Waals surface area contributed by atoms with Crippen LogP contribution in [0.3, 0.4) is 0 Å². The van der Waals surface area contributed by atoms with Gasteiger partial charge in [0.05, 0.1) is 16.3 Å². The molecule has 0 saturated heterocycles. The number of amides is 1. The van der Waals surface area contributed by atoms with E-state index < -0.39 is 10.0 Å². The summed E-state index contributed by atoms with van der Waals surface area (Å²) in [5.41, 5.74) is 4.98. The van der Waals surface area contributed by atoms with Crippen molar-refractivity contribution in [3.8, 4) is 11.3 Å². The van der Waals surface area contributed by atoms with Gasteiger partial charge in [-0.3, -0.25) is 9.89 Å². The normalized spacial score (nSPS) is 16.0. The summed E-state index contributed by atoms with van der Waals surface area (Å²) in [5, 5.41) is 16.4. The summed E-state index contributed by atoms with van der Waals surface area (Å²) < 4.78 is 23.5. The molecule has 0 fully saturated rings. The lowest BCUT2D eigenvalue weighted by Gasteiger charge is -2.24. The van der Waals surface area contributed by atoms with E-state index in [1.165, 1.54) is 17.7 Å². The van der Waals surface area contributed by atoms with Crippen LogP contribution < -0.4 is 10.5 Å². The van der Waals surface area contributed by atoms with Crippen molar-refractivity contribution >= 4 is 32.5 Å². The predicted octanol–water partition coefficient (Wildman–Crippen LogP) is 3.94. The second kappa shape index (κ2) is 7.89. The fraction of sp³-hybridized carbons (Fsp3) is 0.167. The van der Waals surface area contributed by atoms with E-state index in [1.807, 2.05) is 36.4 Å². The zero-order valence-electron chi connectivity index (χ0n) is 17.2. The molecule has 4 aromatic rings. The van der Waals surface area contributed by atoms with E-state index in [1.54, 1.807) is 12.1 Å². The first kappa shape index (κ1) is 20.4. The number of nitrogens with zero attached hydrogens (tertiary/aromatic N) is 1. The number of carbonyl (C=O) groups excluding carboxylic acids is 1. The molecule has 1 aliphatic carbocycles. The molecule has 4 N–H and O–H groups in total. The van der Waals surface area contributed by atoms with E-state index in [0.717, 1.165) is 35.7 Å². The third-order valence-electron chi connectivity index (χ3n) is 5.95. The number of aromatic amines is 1. The molecule has 0 saturated carbocycles. The van der Waals surface area contributed by atoms with Crippen LogP contribution in [0.25, 0.3) is 22.2 Å². The van der Waals surface area contributed by atoms with E-state index in [-0.39, 0.29) is 16.7 Å². The molecule has 1 heterocycles. The van der Waals surface area contributed by atoms with E-state index in [9.17, 15) is 13.2 Å². The molecular weight excluding hydrogens is 424 g/mol. The van der Waals surface area contributed by atoms with E-state index >= 15 is 0 Å². The largest absolute Gasteiger partial charge is 0.326 e. The number of primary sulfonamides is 1. The quantitative estimate of drug-likeness (QED) is 0.440. The first-order chi connectivity index (χ1) is 15.4. The zero-order chi connectivity index (χ0) is 22.3. The van der Waals surface area contributed by atoms with Gasteiger partial charge < -0.3 is 5.32 Å². The van der Waals surface area contributed by atoms with Crippen molar-refractivity contribution in [2.75, 3.05) is 5.32 Å². The van der Waals surface area contributed by atoms with Crippen molar-refractivity contribution in [2.45, 2.75) is 30.1 Å². The van der Waals surface area contributed by atoms with Gasteiger partial charge in [-0.2, -0.15) is 5.10 Å². The highest BCUT2D eigenvalue weighted by Crippen LogP contribution is 2.34. The lowest BCUT2D eigenvalue weighted by molar-refractivity contribution is -0.117. The average Bonchev–Trinajstić information content (AvgIpc) is 3.21. The summed E-state index contributed by atoms with van der Waals surface area (Å²) in [7, 11) is -3.83. The molecule has 7 nitrogen and oxygen atoms in total. The summed E-state index contributed by atoms with van der Waals surface area (Å²) in [6.07, 6.45) is 2.81. The maximum atomic E-state index is 13.1. The number of sulfonamides is 1. The maximum Gasteiger partial charge on any atom is 0.238 e. The van der Waals surface area contributed by atoms with Crippen LogP contribution >= 0.6 is 0 Å². The molecule has 162 valence electrons. The molecule has 32 heavy (non-hydrogen) atoms. The Morgan fingerprint density at radius 1 is 1.06 bits per heavy atom. The Balaban J connectivity index is 1.47. The molecule has 0 spiro atoms. The van der Waals surface area contributed by atoms with E-state index in [2.05, 4.69) is 21.6 Å². The average molecular weight is 447 g/mol. The van der Waals surface area contributed by atoms with Crippen molar-refractivity contribution in [1.82, 2.24) is 10.2 Å². The van der Waals surface area contributed by atoms with Crippen molar-refractivity contribution in [2.24, 2.45) is 5.14 Å². The summed E-state index contributed by atoms with van der Waals surface area (Å²) in [5.74, 6) is -0.205. The fourth-order valence-electron chi connectivity index (χ4n) is 4.39. The molecule has 1 aliphatic rings. The van der Waals surface area contributed by atoms with Gasteiger partial charge in [0, 0.05) is 16.6 Å². The van der Waals surface area contributed by atoms with Gasteiger partial charge in [0.25, 0.3) is 0 Å². The zero-order valence-corrected chi connectivity index (χ0v) is 18.0. The van der Waals surface area contributed by atoms with Crippen molar-refractivity contribution in [3.05, 3.63) is 77.9 Å². The first-order valence-corrected chi connectivity index (χ1v) is 11.9. The summed E-state index contributed by atoms with van der Waals surface area (Å²) in [4.78, 5) is 13.1. The third-order valence-corrected chi connectivity index (χ3v) is 6.86. The Bertz CT molecular complexity index is 1440. The number of fused-ring (bicyclic) bond motifs is 2. The number of rotatable bonds is 4. The Labute approximate surface area is 185 Å². The molecule has 0 bridgehead atoms. The molecule has 0 radical (unpaired) electrons. The highest BCUT2D eigenvalue weighted by molar-refractivity contribution is 7.89. The maximum absolute atomic E-state index is 13.1. The van der Waals surface area contributed by atoms with Crippen LogP contribution in [-0.2, 0) is 21.2 Å². The van der Waals surface area contributed by atoms with Gasteiger partial charge in [0.2, 0.25) is 15.9 Å². The summed E-state index contributed by atoms with van der Waals surface area (Å²) >= 11 is 0. The first-order valence-electron chi connectivity index (χ1n) is 10.4. The van der Waals surface area contributed by atoms with Crippen LogP contribution in [0, 0.1) is 0 Å². The van der Waals surface area contributed by atoms with Crippen molar-refractivity contribution < 1.29 is 13.2 Å². The number of aryl methyl sites for hydroxylation is 1. The molecule has 1 unspecified atom stereocenters. The molecule has 0 aliphatic heterocycles. The lowest BCUT2D eigenvalue weighted by atomic mass is 9.82. The topological polar surface area (TPSA) is 118 Å². The Kier molecular flexibility index (Phi) is 5.03. The smallest absolute Gasteiger partial charge is 0.238 e. The molecule has 3 aromatic carbocycles. The SMILES string of the molecule is NS(=O)(=O)c1cccc(-c2n[nH]c3ccc(NC(=O)C4CCCc5ccccc54)cc23)c1. The summed E-state index contributed by atoms with van der Waals surface area (Å²) in [6.45, 7) is 0. The van der Waals surface area contributed by atoms with Gasteiger partial charge in [-0.25, -0.2) is 13.6 Å². The number of anilines is 1. The number of hydrogen-bond acceptors (Lipinski definition) is 4. The van der Waals surface area contributed by atoms with E-state index in [4.69, 9.17) is 5.14 Å². The van der Waals surface area contributed by atoms with Gasteiger partial charge in [0.15, 0.2) is 0 Å². The highest BCUT2D eigenvalue weighted by atomic mass is 32.2. The second-order valence-corrected chi connectivity index (χ2v) is 9.60. The van der Waals surface area contributed by atoms with Gasteiger partial charge in [-0.1, -0.05) is 36.4 Å². The minimum atomic E-state index is -3.83. The second-order valence-electron chi connectivity index (χ2n) is 8.04. The van der Waals surface area contributed by atoms with Gasteiger partial charge >= 0.3 is 0 Å². The fourth-order valence-corrected chi connectivity index (χ4v) is 4.95. The van der Waals surface area contributed by atoms with Crippen LogP contribution in [0.1, 0.15) is 29.9 Å². The van der Waals surface area contributed by atoms with Crippen LogP contribution in [0.5, 0.6) is 0 Å². The van der Waals surface area contributed by atoms with Gasteiger partial charge in [0.1, 0.15) is 5.69 Å². The van der Waals surface area contributed by atoms with Crippen molar-refractivity contribution in [1.29, 1.82) is 0 Å². The van der Waals surface area contributed by atoms with Gasteiger partial charge in [-0.05, 0) is 60.7 Å².